The van der Waals surface area contributed by atoms with Crippen molar-refractivity contribution in [3.63, 3.8) is 0 Å². The predicted molar refractivity (Wildman–Crippen MR) is 119 cm³/mol. The van der Waals surface area contributed by atoms with Crippen LogP contribution < -0.4 is 10.9 Å². The first kappa shape index (κ1) is 20.1. The second kappa shape index (κ2) is 7.92. The van der Waals surface area contributed by atoms with Gasteiger partial charge in [0.05, 0.1) is 11.9 Å². The quantitative estimate of drug-likeness (QED) is 0.551. The lowest BCUT2D eigenvalue weighted by atomic mass is 9.72. The molecule has 1 aliphatic rings. The van der Waals surface area contributed by atoms with Crippen LogP contribution in [0.4, 0.5) is 0 Å². The first-order valence-corrected chi connectivity index (χ1v) is 11.1. The third-order valence-electron chi connectivity index (χ3n) is 6.01. The van der Waals surface area contributed by atoms with Crippen molar-refractivity contribution >= 4 is 21.6 Å². The molecule has 0 spiro atoms. The van der Waals surface area contributed by atoms with Gasteiger partial charge >= 0.3 is 0 Å². The van der Waals surface area contributed by atoms with E-state index in [0.717, 1.165) is 48.0 Å². The lowest BCUT2D eigenvalue weighted by molar-refractivity contribution is 0.218. The highest BCUT2D eigenvalue weighted by atomic mass is 32.1. The van der Waals surface area contributed by atoms with Crippen molar-refractivity contribution in [2.75, 3.05) is 6.54 Å². The van der Waals surface area contributed by atoms with Crippen molar-refractivity contribution in [1.29, 1.82) is 0 Å². The molecule has 1 aliphatic carbocycles. The van der Waals surface area contributed by atoms with Gasteiger partial charge in [0.15, 0.2) is 0 Å². The van der Waals surface area contributed by atoms with Crippen LogP contribution >= 0.6 is 11.3 Å². The highest BCUT2D eigenvalue weighted by molar-refractivity contribution is 7.18. The van der Waals surface area contributed by atoms with Gasteiger partial charge < -0.3 is 15.4 Å². The van der Waals surface area contributed by atoms with Crippen LogP contribution in [0, 0.1) is 11.3 Å². The molecule has 0 amide bonds. The Balaban J connectivity index is 1.45. The topological polar surface area (TPSA) is 78.0 Å². The van der Waals surface area contributed by atoms with E-state index in [-0.39, 0.29) is 11.3 Å². The van der Waals surface area contributed by atoms with Crippen molar-refractivity contribution in [2.24, 2.45) is 11.3 Å². The van der Waals surface area contributed by atoms with E-state index >= 15 is 0 Å². The van der Waals surface area contributed by atoms with Gasteiger partial charge in [0, 0.05) is 4.88 Å². The van der Waals surface area contributed by atoms with Crippen LogP contribution in [-0.2, 0) is 25.8 Å². The predicted octanol–water partition coefficient (Wildman–Crippen LogP) is 4.17. The van der Waals surface area contributed by atoms with E-state index in [1.165, 1.54) is 10.4 Å². The molecule has 1 aromatic carbocycles. The molecule has 3 N–H and O–H groups in total. The zero-order chi connectivity index (χ0) is 20.6. The smallest absolute Gasteiger partial charge is 0.259 e. The molecule has 1 atom stereocenters. The number of hydrogen-bond donors (Lipinski definition) is 3. The van der Waals surface area contributed by atoms with Gasteiger partial charge in [-0.25, -0.2) is 4.98 Å². The number of nitrogens with zero attached hydrogens (tertiary/aromatic N) is 1. The molecule has 154 valence electrons. The molecule has 2 aromatic heterocycles. The molecule has 0 unspecified atom stereocenters. The Hall–Kier alpha value is -2.18. The first-order chi connectivity index (χ1) is 13.8. The number of hydrogen-bond acceptors (Lipinski definition) is 5. The van der Waals surface area contributed by atoms with Crippen LogP contribution in [0.2, 0.25) is 0 Å². The fourth-order valence-corrected chi connectivity index (χ4v) is 5.47. The third-order valence-corrected chi connectivity index (χ3v) is 7.16. The number of nitrogens with one attached hydrogen (secondary N) is 2. The van der Waals surface area contributed by atoms with Crippen molar-refractivity contribution < 1.29 is 5.11 Å². The Bertz CT molecular complexity index is 1060. The Labute approximate surface area is 175 Å². The minimum Gasteiger partial charge on any atom is -0.508 e. The summed E-state index contributed by atoms with van der Waals surface area (Å²) < 4.78 is 0. The maximum Gasteiger partial charge on any atom is 0.259 e. The average Bonchev–Trinajstić information content (AvgIpc) is 3.04. The standard InChI is InChI=1S/C23H29N3O2S/c1-23(2,3)15-6-9-17-18(12-15)29-22-20(17)21(28)25-19(26-22)13-24-11-10-14-4-7-16(27)8-5-14/h4-5,7-8,15,24,27H,6,9-13H2,1-3H3,(H,25,26,28)/t15-/m1/s1. The van der Waals surface area contributed by atoms with Crippen LogP contribution in [0.1, 0.15) is 49.0 Å². The lowest BCUT2D eigenvalue weighted by Crippen LogP contribution is -2.26. The molecule has 0 radical (unpaired) electrons. The van der Waals surface area contributed by atoms with Gasteiger partial charge in [-0.2, -0.15) is 0 Å². The number of H-pyrrole nitrogens is 1. The molecular formula is C23H29N3O2S. The molecule has 5 nitrogen and oxygen atoms in total. The first-order valence-electron chi connectivity index (χ1n) is 10.3. The molecule has 0 saturated heterocycles. The van der Waals surface area contributed by atoms with E-state index < -0.39 is 0 Å². The van der Waals surface area contributed by atoms with Crippen molar-refractivity contribution in [3.05, 3.63) is 56.4 Å². The molecule has 6 heteroatoms. The Kier molecular flexibility index (Phi) is 5.49. The van der Waals surface area contributed by atoms with Crippen LogP contribution in [0.5, 0.6) is 5.75 Å². The number of thiophene rings is 1. The van der Waals surface area contributed by atoms with Crippen LogP contribution in [0.3, 0.4) is 0 Å². The third kappa shape index (κ3) is 4.38. The van der Waals surface area contributed by atoms with Crippen molar-refractivity contribution in [3.8, 4) is 5.75 Å². The molecule has 0 fully saturated rings. The van der Waals surface area contributed by atoms with Crippen molar-refractivity contribution in [2.45, 2.75) is 53.0 Å². The summed E-state index contributed by atoms with van der Waals surface area (Å²) in [6.45, 7) is 8.24. The monoisotopic (exact) mass is 411 g/mol. The molecule has 0 aliphatic heterocycles. The number of fused-ring (bicyclic) bond motifs is 3. The number of phenolic OH excluding ortho intramolecular Hbond substituents is 1. The van der Waals surface area contributed by atoms with Crippen LogP contribution in [0.25, 0.3) is 10.2 Å². The normalized spacial score (nSPS) is 16.9. The summed E-state index contributed by atoms with van der Waals surface area (Å²) in [6, 6.07) is 7.24. The van der Waals surface area contributed by atoms with Gasteiger partial charge in [-0.15, -0.1) is 11.3 Å². The number of aromatic nitrogens is 2. The molecule has 0 saturated carbocycles. The van der Waals surface area contributed by atoms with Gasteiger partial charge in [0.2, 0.25) is 0 Å². The molecule has 2 heterocycles. The molecule has 4 rings (SSSR count). The average molecular weight is 412 g/mol. The molecule has 0 bridgehead atoms. The SMILES string of the molecule is CC(C)(C)[C@@H]1CCc2c(sc3nc(CNCCc4ccc(O)cc4)[nH]c(=O)c23)C1. The number of rotatable bonds is 5. The van der Waals surface area contributed by atoms with Gasteiger partial charge in [-0.1, -0.05) is 32.9 Å². The summed E-state index contributed by atoms with van der Waals surface area (Å²) >= 11 is 1.70. The highest BCUT2D eigenvalue weighted by Crippen LogP contribution is 2.41. The molecular weight excluding hydrogens is 382 g/mol. The number of aromatic hydroxyl groups is 1. The second-order valence-corrected chi connectivity index (χ2v) is 10.2. The van der Waals surface area contributed by atoms with E-state index in [2.05, 4.69) is 31.1 Å². The maximum atomic E-state index is 12.8. The number of aromatic amines is 1. The summed E-state index contributed by atoms with van der Waals surface area (Å²) in [7, 11) is 0. The number of benzene rings is 1. The second-order valence-electron chi connectivity index (χ2n) is 9.10. The summed E-state index contributed by atoms with van der Waals surface area (Å²) in [6.07, 6.45) is 4.03. The van der Waals surface area contributed by atoms with Crippen molar-refractivity contribution in [1.82, 2.24) is 15.3 Å². The summed E-state index contributed by atoms with van der Waals surface area (Å²) in [5.74, 6) is 1.63. The van der Waals surface area contributed by atoms with E-state index in [1.807, 2.05) is 12.1 Å². The van der Waals surface area contributed by atoms with Gasteiger partial charge in [-0.3, -0.25) is 4.79 Å². The van der Waals surface area contributed by atoms with Gasteiger partial charge in [0.25, 0.3) is 5.56 Å². The summed E-state index contributed by atoms with van der Waals surface area (Å²) in [4.78, 5) is 22.7. The fraction of sp³-hybridized carbons (Fsp3) is 0.478. The van der Waals surface area contributed by atoms with E-state index in [0.29, 0.717) is 23.7 Å². The fourth-order valence-electron chi connectivity index (χ4n) is 4.15. The molecule has 29 heavy (non-hydrogen) atoms. The van der Waals surface area contributed by atoms with Gasteiger partial charge in [0.1, 0.15) is 16.4 Å². The Morgan fingerprint density at radius 3 is 2.76 bits per heavy atom. The minimum atomic E-state index is -0.00274. The van der Waals surface area contributed by atoms with Gasteiger partial charge in [-0.05, 0) is 66.8 Å². The minimum absolute atomic E-state index is 0.00274. The van der Waals surface area contributed by atoms with Crippen LogP contribution in [-0.4, -0.2) is 21.6 Å². The molecule has 3 aromatic rings. The Morgan fingerprint density at radius 1 is 1.28 bits per heavy atom. The Morgan fingerprint density at radius 2 is 2.03 bits per heavy atom. The van der Waals surface area contributed by atoms with E-state index in [1.54, 1.807) is 23.5 Å². The zero-order valence-corrected chi connectivity index (χ0v) is 18.2. The largest absolute Gasteiger partial charge is 0.508 e. The number of aryl methyl sites for hydroxylation is 1. The summed E-state index contributed by atoms with van der Waals surface area (Å²) in [5, 5.41) is 13.5. The van der Waals surface area contributed by atoms with E-state index in [4.69, 9.17) is 4.98 Å². The summed E-state index contributed by atoms with van der Waals surface area (Å²) in [5.41, 5.74) is 2.68. The van der Waals surface area contributed by atoms with Crippen LogP contribution in [0.15, 0.2) is 29.1 Å². The van der Waals surface area contributed by atoms with E-state index in [9.17, 15) is 9.90 Å². The zero-order valence-electron chi connectivity index (χ0n) is 17.3. The highest BCUT2D eigenvalue weighted by Gasteiger charge is 2.31. The maximum absolute atomic E-state index is 12.8. The number of phenols is 1. The lowest BCUT2D eigenvalue weighted by Gasteiger charge is -2.33.